The molecule has 0 amide bonds. The highest BCUT2D eigenvalue weighted by molar-refractivity contribution is 8.33. The maximum atomic E-state index is 14.5. The standard InChI is InChI=1S/C19H21F17O4S2/c1-4-10(37)8-41(7-5-6-11(2,3)9-41)40-42(38,39)19(35,36)17(30,31)15(26,27)13(22,23)12(20,21)14(24,25)16(28,29)18(32,33)34/h4-9H2,1-3H3. The van der Waals surface area contributed by atoms with Crippen molar-refractivity contribution in [2.45, 2.75) is 87.0 Å². The average molecular weight is 700 g/mol. The van der Waals surface area contributed by atoms with Crippen LogP contribution in [-0.4, -0.2) is 78.4 Å². The number of hydrogen-bond donors (Lipinski definition) is 0. The summed E-state index contributed by atoms with van der Waals surface area (Å²) in [5.74, 6) is -55.4. The first-order valence-electron chi connectivity index (χ1n) is 11.0. The lowest BCUT2D eigenvalue weighted by molar-refractivity contribution is -0.458. The molecule has 0 bridgehead atoms. The highest BCUT2D eigenvalue weighted by atomic mass is 32.3. The Morgan fingerprint density at radius 3 is 1.45 bits per heavy atom. The van der Waals surface area contributed by atoms with Crippen molar-refractivity contribution in [3.63, 3.8) is 0 Å². The van der Waals surface area contributed by atoms with Gasteiger partial charge in [0.1, 0.15) is 5.78 Å². The smallest absolute Gasteiger partial charge is 0.299 e. The third kappa shape index (κ3) is 5.78. The predicted molar refractivity (Wildman–Crippen MR) is 111 cm³/mol. The van der Waals surface area contributed by atoms with Crippen LogP contribution in [0, 0.1) is 5.41 Å². The molecular formula is C19H21F17O4S2. The highest BCUT2D eigenvalue weighted by Crippen LogP contribution is 2.66. The van der Waals surface area contributed by atoms with Crippen LogP contribution in [0.4, 0.5) is 74.6 Å². The average Bonchev–Trinajstić information content (AvgIpc) is 2.75. The molecule has 42 heavy (non-hydrogen) atoms. The van der Waals surface area contributed by atoms with Crippen LogP contribution in [0.3, 0.4) is 0 Å². The second-order valence-electron chi connectivity index (χ2n) is 10.1. The summed E-state index contributed by atoms with van der Waals surface area (Å²) >= 11 is 0. The van der Waals surface area contributed by atoms with Crippen molar-refractivity contribution < 1.29 is 91.5 Å². The fourth-order valence-corrected chi connectivity index (χ4v) is 10.2. The van der Waals surface area contributed by atoms with Crippen LogP contribution in [0.5, 0.6) is 0 Å². The molecule has 1 saturated heterocycles. The summed E-state index contributed by atoms with van der Waals surface area (Å²) < 4.78 is 259. The molecule has 0 aromatic rings. The number of hydrogen-bond acceptors (Lipinski definition) is 4. The van der Waals surface area contributed by atoms with E-state index in [0.29, 0.717) is 0 Å². The lowest BCUT2D eigenvalue weighted by Gasteiger charge is -2.48. The molecule has 1 unspecified atom stereocenters. The second kappa shape index (κ2) is 10.7. The quantitative estimate of drug-likeness (QED) is 0.195. The summed E-state index contributed by atoms with van der Waals surface area (Å²) in [7, 11) is -11.6. The minimum atomic E-state index is -8.92. The van der Waals surface area contributed by atoms with Crippen LogP contribution in [-0.2, 0) is 18.5 Å². The third-order valence-electron chi connectivity index (χ3n) is 6.08. The van der Waals surface area contributed by atoms with Crippen molar-refractivity contribution in [1.82, 2.24) is 0 Å². The first-order chi connectivity index (χ1) is 18.1. The van der Waals surface area contributed by atoms with E-state index in [0.717, 1.165) is 6.92 Å². The van der Waals surface area contributed by atoms with Gasteiger partial charge in [-0.1, -0.05) is 20.8 Å². The van der Waals surface area contributed by atoms with Gasteiger partial charge in [0.15, 0.2) is 0 Å². The molecule has 1 heterocycles. The molecule has 23 heteroatoms. The topological polar surface area (TPSA) is 60.4 Å². The van der Waals surface area contributed by atoms with Crippen LogP contribution in [0.1, 0.15) is 40.0 Å². The number of ketones is 1. The molecule has 0 aliphatic carbocycles. The maximum Gasteiger partial charge on any atom is 0.460 e. The number of rotatable bonds is 12. The summed E-state index contributed by atoms with van der Waals surface area (Å²) in [4.78, 5) is 12.0. The molecule has 0 aromatic carbocycles. The zero-order chi connectivity index (χ0) is 34.0. The Balaban J connectivity index is 3.76. The molecule has 0 radical (unpaired) electrons. The van der Waals surface area contributed by atoms with E-state index in [4.69, 9.17) is 0 Å². The van der Waals surface area contributed by atoms with Crippen LogP contribution >= 0.6 is 10.3 Å². The molecule has 1 atom stereocenters. The number of carbonyl (C=O) groups excluding carboxylic acids is 1. The Hall–Kier alpha value is -1.26. The van der Waals surface area contributed by atoms with Gasteiger partial charge in [-0.3, -0.25) is 4.79 Å². The SMILES string of the molecule is CCC(=O)CS1(OS(=O)(=O)C(F)(F)C(F)(F)C(F)(F)C(F)(F)C(F)(F)C(F)(F)C(F)(F)C(F)(F)F)CCCC(C)(C)C1. The lowest BCUT2D eigenvalue weighted by atomic mass is 9.90. The molecule has 0 aromatic heterocycles. The predicted octanol–water partition coefficient (Wildman–Crippen LogP) is 7.82. The van der Waals surface area contributed by atoms with Crippen molar-refractivity contribution in [3.8, 4) is 0 Å². The molecule has 0 spiro atoms. The molecule has 0 saturated carbocycles. The van der Waals surface area contributed by atoms with Gasteiger partial charge in [0.2, 0.25) is 0 Å². The zero-order valence-electron chi connectivity index (χ0n) is 21.1. The van der Waals surface area contributed by atoms with Gasteiger partial charge in [-0.05, 0) is 18.3 Å². The van der Waals surface area contributed by atoms with Crippen molar-refractivity contribution >= 4 is 26.2 Å². The Bertz CT molecular complexity index is 1130. The summed E-state index contributed by atoms with van der Waals surface area (Å²) in [6, 6.07) is 0. The van der Waals surface area contributed by atoms with Gasteiger partial charge >= 0.3 is 57.1 Å². The summed E-state index contributed by atoms with van der Waals surface area (Å²) in [6.45, 7) is 3.82. The van der Waals surface area contributed by atoms with Crippen molar-refractivity contribution in [2.75, 3.05) is 17.3 Å². The normalized spacial score (nSPS) is 23.8. The number of carbonyl (C=O) groups is 1. The summed E-state index contributed by atoms with van der Waals surface area (Å²) in [5.41, 5.74) is -1.09. The van der Waals surface area contributed by atoms with Crippen molar-refractivity contribution in [2.24, 2.45) is 5.41 Å². The van der Waals surface area contributed by atoms with E-state index in [1.807, 2.05) is 0 Å². The largest absolute Gasteiger partial charge is 0.460 e. The Labute approximate surface area is 227 Å². The Morgan fingerprint density at radius 1 is 0.714 bits per heavy atom. The van der Waals surface area contributed by atoms with Crippen LogP contribution in [0.25, 0.3) is 0 Å². The van der Waals surface area contributed by atoms with Gasteiger partial charge in [-0.25, -0.2) is 3.63 Å². The number of Topliss-reactive ketones (excluding diaryl/α,β-unsaturated/α-hetero) is 1. The molecule has 1 aliphatic rings. The number of alkyl halides is 17. The van der Waals surface area contributed by atoms with Crippen LogP contribution < -0.4 is 0 Å². The molecule has 1 rings (SSSR count). The van der Waals surface area contributed by atoms with E-state index in [1.165, 1.54) is 13.8 Å². The maximum absolute atomic E-state index is 14.5. The molecule has 4 nitrogen and oxygen atoms in total. The van der Waals surface area contributed by atoms with Crippen molar-refractivity contribution in [3.05, 3.63) is 0 Å². The van der Waals surface area contributed by atoms with Crippen LogP contribution in [0.15, 0.2) is 0 Å². The van der Waals surface area contributed by atoms with E-state index in [-0.39, 0.29) is 12.8 Å². The molecule has 1 aliphatic heterocycles. The van der Waals surface area contributed by atoms with E-state index < -0.39 is 102 Å². The fourth-order valence-electron chi connectivity index (χ4n) is 3.81. The fraction of sp³-hybridized carbons (Fsp3) is 0.947. The van der Waals surface area contributed by atoms with Gasteiger partial charge in [0.05, 0.1) is 5.75 Å². The van der Waals surface area contributed by atoms with Gasteiger partial charge in [-0.15, -0.1) is 10.3 Å². The zero-order valence-corrected chi connectivity index (χ0v) is 22.8. The first kappa shape index (κ1) is 38.8. The Morgan fingerprint density at radius 2 is 1.10 bits per heavy atom. The van der Waals surface area contributed by atoms with E-state index >= 15 is 0 Å². The first-order valence-corrected chi connectivity index (χ1v) is 14.5. The lowest BCUT2D eigenvalue weighted by Crippen LogP contribution is -2.75. The van der Waals surface area contributed by atoms with Gasteiger partial charge < -0.3 is 0 Å². The van der Waals surface area contributed by atoms with Gasteiger partial charge in [-0.2, -0.15) is 83.1 Å². The molecule has 1 fully saturated rings. The molecule has 252 valence electrons. The molecule has 0 N–H and O–H groups in total. The second-order valence-corrected chi connectivity index (χ2v) is 15.0. The summed E-state index contributed by atoms with van der Waals surface area (Å²) in [6.07, 6.45) is -8.33. The van der Waals surface area contributed by atoms with Gasteiger partial charge in [0, 0.05) is 17.9 Å². The minimum Gasteiger partial charge on any atom is -0.299 e. The molecular weight excluding hydrogens is 679 g/mol. The summed E-state index contributed by atoms with van der Waals surface area (Å²) in [5, 5.41) is -7.76. The van der Waals surface area contributed by atoms with E-state index in [9.17, 15) is 87.8 Å². The van der Waals surface area contributed by atoms with Gasteiger partial charge in [0.25, 0.3) is 0 Å². The van der Waals surface area contributed by atoms with Crippen LogP contribution in [0.2, 0.25) is 0 Å². The Kier molecular flexibility index (Phi) is 9.85. The highest BCUT2D eigenvalue weighted by Gasteiger charge is 2.96. The van der Waals surface area contributed by atoms with E-state index in [2.05, 4.69) is 3.63 Å². The monoisotopic (exact) mass is 700 g/mol. The number of halogens is 17. The minimum absolute atomic E-state index is 0.153. The van der Waals surface area contributed by atoms with Crippen molar-refractivity contribution in [1.29, 1.82) is 0 Å². The van der Waals surface area contributed by atoms with E-state index in [1.54, 1.807) is 0 Å². The third-order valence-corrected chi connectivity index (χ3v) is 12.0.